The van der Waals surface area contributed by atoms with E-state index in [2.05, 4.69) is 6.07 Å². The van der Waals surface area contributed by atoms with Gasteiger partial charge in [0.1, 0.15) is 5.92 Å². The van der Waals surface area contributed by atoms with Crippen LogP contribution in [0.1, 0.15) is 57.8 Å². The number of carbonyl (C=O) groups excluding carboxylic acids is 1. The van der Waals surface area contributed by atoms with Crippen LogP contribution in [0.15, 0.2) is 0 Å². The number of hydrogen-bond acceptors (Lipinski definition) is 2. The second-order valence-electron chi connectivity index (χ2n) is 8.00. The van der Waals surface area contributed by atoms with Crippen molar-refractivity contribution in [1.29, 1.82) is 5.26 Å². The van der Waals surface area contributed by atoms with Gasteiger partial charge in [0.2, 0.25) is 0 Å². The Morgan fingerprint density at radius 2 is 1.50 bits per heavy atom. The zero-order chi connectivity index (χ0) is 13.7. The largest absolute Gasteiger partial charge is 0.298 e. The minimum Gasteiger partial charge on any atom is -0.298 e. The molecule has 20 heavy (non-hydrogen) atoms. The third-order valence-electron chi connectivity index (χ3n) is 6.89. The molecule has 5 saturated carbocycles. The Bertz CT molecular complexity index is 415. The first-order chi connectivity index (χ1) is 9.76. The quantitative estimate of drug-likeness (QED) is 0.779. The second-order valence-corrected chi connectivity index (χ2v) is 8.00. The van der Waals surface area contributed by atoms with Crippen LogP contribution in [-0.4, -0.2) is 5.78 Å². The lowest BCUT2D eigenvalue weighted by Gasteiger charge is -2.55. The highest BCUT2D eigenvalue weighted by Gasteiger charge is 2.52. The molecule has 2 heteroatoms. The maximum Gasteiger partial charge on any atom is 0.153 e. The summed E-state index contributed by atoms with van der Waals surface area (Å²) in [5.74, 6) is 3.93. The smallest absolute Gasteiger partial charge is 0.153 e. The normalized spacial score (nSPS) is 44.5. The Morgan fingerprint density at radius 1 is 0.950 bits per heavy atom. The van der Waals surface area contributed by atoms with E-state index in [1.165, 1.54) is 44.9 Å². The van der Waals surface area contributed by atoms with Crippen LogP contribution in [0.3, 0.4) is 0 Å². The van der Waals surface area contributed by atoms with Gasteiger partial charge in [0.15, 0.2) is 5.78 Å². The molecule has 0 radical (unpaired) electrons. The third-order valence-corrected chi connectivity index (χ3v) is 6.89. The molecule has 4 bridgehead atoms. The summed E-state index contributed by atoms with van der Waals surface area (Å²) in [4.78, 5) is 12.8. The van der Waals surface area contributed by atoms with Crippen molar-refractivity contribution in [2.24, 2.45) is 41.4 Å². The molecule has 0 N–H and O–H groups in total. The van der Waals surface area contributed by atoms with Crippen LogP contribution in [0.2, 0.25) is 0 Å². The minimum absolute atomic E-state index is 0.219. The minimum atomic E-state index is -0.270. The maximum atomic E-state index is 12.8. The zero-order valence-corrected chi connectivity index (χ0v) is 12.3. The number of ketones is 1. The second kappa shape index (κ2) is 4.86. The Labute approximate surface area is 121 Å². The van der Waals surface area contributed by atoms with Crippen molar-refractivity contribution in [2.45, 2.75) is 57.8 Å². The van der Waals surface area contributed by atoms with E-state index in [1.807, 2.05) is 0 Å². The van der Waals surface area contributed by atoms with Gasteiger partial charge in [0.25, 0.3) is 0 Å². The molecule has 0 aromatic heterocycles. The van der Waals surface area contributed by atoms with E-state index in [-0.39, 0.29) is 11.8 Å². The highest BCUT2D eigenvalue weighted by molar-refractivity contribution is 5.86. The Hall–Kier alpha value is -0.840. The fourth-order valence-corrected chi connectivity index (χ4v) is 6.32. The SMILES string of the molecule is N#CC(C(=O)C1CCCC1)C1C2CC3CC(C2)CC1C3. The van der Waals surface area contributed by atoms with Gasteiger partial charge in [-0.3, -0.25) is 4.79 Å². The average molecular weight is 271 g/mol. The Balaban J connectivity index is 1.55. The summed E-state index contributed by atoms with van der Waals surface area (Å²) in [5, 5.41) is 9.67. The van der Waals surface area contributed by atoms with Crippen LogP contribution in [0.25, 0.3) is 0 Å². The van der Waals surface area contributed by atoms with Gasteiger partial charge in [-0.2, -0.15) is 5.26 Å². The lowest BCUT2D eigenvalue weighted by molar-refractivity contribution is -0.132. The third kappa shape index (κ3) is 1.93. The van der Waals surface area contributed by atoms with Crippen molar-refractivity contribution in [1.82, 2.24) is 0 Å². The van der Waals surface area contributed by atoms with Gasteiger partial charge in [0, 0.05) is 5.92 Å². The lowest BCUT2D eigenvalue weighted by atomic mass is 9.49. The fourth-order valence-electron chi connectivity index (χ4n) is 6.32. The summed E-state index contributed by atoms with van der Waals surface area (Å²) in [5.41, 5.74) is 0. The van der Waals surface area contributed by atoms with Crippen molar-refractivity contribution in [3.8, 4) is 6.07 Å². The maximum absolute atomic E-state index is 12.8. The van der Waals surface area contributed by atoms with E-state index in [0.717, 1.165) is 24.7 Å². The molecule has 108 valence electrons. The van der Waals surface area contributed by atoms with Crippen LogP contribution in [0.4, 0.5) is 0 Å². The van der Waals surface area contributed by atoms with Gasteiger partial charge in [-0.05, 0) is 74.5 Å². The highest BCUT2D eigenvalue weighted by Crippen LogP contribution is 2.58. The molecule has 1 unspecified atom stereocenters. The van der Waals surface area contributed by atoms with Crippen LogP contribution >= 0.6 is 0 Å². The van der Waals surface area contributed by atoms with Crippen LogP contribution in [0, 0.1) is 52.8 Å². The summed E-state index contributed by atoms with van der Waals surface area (Å²) in [6.07, 6.45) is 11.2. The molecule has 5 rings (SSSR count). The topological polar surface area (TPSA) is 40.9 Å². The number of nitrogens with zero attached hydrogens (tertiary/aromatic N) is 1. The molecule has 5 aliphatic rings. The molecule has 5 aliphatic carbocycles. The standard InChI is InChI=1S/C18H25NO/c19-10-16(18(20)13-3-1-2-4-13)17-14-6-11-5-12(8-14)9-15(17)7-11/h11-17H,1-9H2. The van der Waals surface area contributed by atoms with Crippen molar-refractivity contribution >= 4 is 5.78 Å². The predicted molar refractivity (Wildman–Crippen MR) is 76.6 cm³/mol. The van der Waals surface area contributed by atoms with Gasteiger partial charge in [-0.15, -0.1) is 0 Å². The van der Waals surface area contributed by atoms with Gasteiger partial charge in [0.05, 0.1) is 6.07 Å². The molecule has 5 fully saturated rings. The summed E-state index contributed by atoms with van der Waals surface area (Å²) >= 11 is 0. The van der Waals surface area contributed by atoms with E-state index in [1.54, 1.807) is 0 Å². The van der Waals surface area contributed by atoms with Crippen molar-refractivity contribution in [2.75, 3.05) is 0 Å². The molecule has 0 saturated heterocycles. The molecule has 0 aromatic carbocycles. The summed E-state index contributed by atoms with van der Waals surface area (Å²) in [7, 11) is 0. The van der Waals surface area contributed by atoms with Gasteiger partial charge >= 0.3 is 0 Å². The molecule has 0 spiro atoms. The zero-order valence-electron chi connectivity index (χ0n) is 12.3. The van der Waals surface area contributed by atoms with E-state index < -0.39 is 0 Å². The van der Waals surface area contributed by atoms with Crippen molar-refractivity contribution in [3.63, 3.8) is 0 Å². The molecule has 0 heterocycles. The highest BCUT2D eigenvalue weighted by atomic mass is 16.1. The summed E-state index contributed by atoms with van der Waals surface area (Å²) < 4.78 is 0. The Morgan fingerprint density at radius 3 is 2.00 bits per heavy atom. The van der Waals surface area contributed by atoms with Gasteiger partial charge in [-0.25, -0.2) is 0 Å². The van der Waals surface area contributed by atoms with Crippen LogP contribution in [-0.2, 0) is 4.79 Å². The van der Waals surface area contributed by atoms with Crippen LogP contribution in [0.5, 0.6) is 0 Å². The predicted octanol–water partition coefficient (Wildman–Crippen LogP) is 3.96. The number of carbonyl (C=O) groups is 1. The summed E-state index contributed by atoms with van der Waals surface area (Å²) in [6.45, 7) is 0. The average Bonchev–Trinajstić information content (AvgIpc) is 2.95. The molecule has 0 aliphatic heterocycles. The van der Waals surface area contributed by atoms with Crippen molar-refractivity contribution < 1.29 is 4.79 Å². The molecular weight excluding hydrogens is 246 g/mol. The van der Waals surface area contributed by atoms with E-state index in [9.17, 15) is 10.1 Å². The lowest BCUT2D eigenvalue weighted by Crippen LogP contribution is -2.49. The van der Waals surface area contributed by atoms with Crippen molar-refractivity contribution in [3.05, 3.63) is 0 Å². The number of rotatable bonds is 3. The van der Waals surface area contributed by atoms with Gasteiger partial charge < -0.3 is 0 Å². The first-order valence-electron chi connectivity index (χ1n) is 8.69. The van der Waals surface area contributed by atoms with E-state index >= 15 is 0 Å². The molecular formula is C18H25NO. The fraction of sp³-hybridized carbons (Fsp3) is 0.889. The van der Waals surface area contributed by atoms with Crippen LogP contribution < -0.4 is 0 Å². The number of hydrogen-bond donors (Lipinski definition) is 0. The van der Waals surface area contributed by atoms with E-state index in [4.69, 9.17) is 0 Å². The molecule has 2 nitrogen and oxygen atoms in total. The molecule has 1 atom stereocenters. The molecule has 0 aromatic rings. The summed E-state index contributed by atoms with van der Waals surface area (Å²) in [6, 6.07) is 2.46. The monoisotopic (exact) mass is 271 g/mol. The van der Waals surface area contributed by atoms with E-state index in [0.29, 0.717) is 23.5 Å². The first-order valence-corrected chi connectivity index (χ1v) is 8.69. The number of nitriles is 1. The first kappa shape index (κ1) is 12.9. The molecule has 0 amide bonds. The Kier molecular flexibility index (Phi) is 3.13. The van der Waals surface area contributed by atoms with Gasteiger partial charge in [-0.1, -0.05) is 12.8 Å². The number of Topliss-reactive ketones (excluding diaryl/α,β-unsaturated/α-hetero) is 1.